The van der Waals surface area contributed by atoms with Gasteiger partial charge in [-0.2, -0.15) is 0 Å². The van der Waals surface area contributed by atoms with Crippen LogP contribution in [-0.4, -0.2) is 5.11 Å². The first-order chi connectivity index (χ1) is 8.74. The fourth-order valence-electron chi connectivity index (χ4n) is 2.05. The summed E-state index contributed by atoms with van der Waals surface area (Å²) in [7, 11) is 0. The smallest absolute Gasteiger partial charge is 0.124 e. The zero-order valence-electron chi connectivity index (χ0n) is 9.97. The van der Waals surface area contributed by atoms with Gasteiger partial charge in [-0.15, -0.1) is 11.3 Å². The number of thiophene rings is 1. The Labute approximate surface area is 110 Å². The van der Waals surface area contributed by atoms with Gasteiger partial charge in [0.2, 0.25) is 0 Å². The van der Waals surface area contributed by atoms with E-state index in [4.69, 9.17) is 0 Å². The molecule has 1 atom stereocenters. The third-order valence-electron chi connectivity index (χ3n) is 2.99. The largest absolute Gasteiger partial charge is 0.507 e. The minimum Gasteiger partial charge on any atom is -0.507 e. The van der Waals surface area contributed by atoms with Gasteiger partial charge in [0, 0.05) is 10.4 Å². The van der Waals surface area contributed by atoms with E-state index in [1.165, 1.54) is 4.88 Å². The van der Waals surface area contributed by atoms with E-state index in [0.717, 1.165) is 16.8 Å². The second kappa shape index (κ2) is 4.48. The zero-order valence-corrected chi connectivity index (χ0v) is 10.8. The summed E-state index contributed by atoms with van der Waals surface area (Å²) in [5.74, 6) is 0.299. The van der Waals surface area contributed by atoms with Crippen molar-refractivity contribution in [3.63, 3.8) is 0 Å². The Bertz CT molecular complexity index is 590. The molecule has 0 radical (unpaired) electrons. The van der Waals surface area contributed by atoms with Crippen LogP contribution in [0.4, 0.5) is 0 Å². The second-order valence-corrected chi connectivity index (χ2v) is 5.34. The molecule has 3 nitrogen and oxygen atoms in total. The summed E-state index contributed by atoms with van der Waals surface area (Å²) < 4.78 is 0. The van der Waals surface area contributed by atoms with Gasteiger partial charge in [0.25, 0.3) is 0 Å². The minimum absolute atomic E-state index is 0.167. The molecule has 18 heavy (non-hydrogen) atoms. The molecule has 0 spiro atoms. The Morgan fingerprint density at radius 2 is 2.17 bits per heavy atom. The molecule has 0 bridgehead atoms. The molecule has 1 aromatic carbocycles. The summed E-state index contributed by atoms with van der Waals surface area (Å²) in [5, 5.41) is 12.0. The lowest BCUT2D eigenvalue weighted by molar-refractivity contribution is 0.472. The first kappa shape index (κ1) is 11.3. The van der Waals surface area contributed by atoms with Crippen LogP contribution in [0, 0.1) is 6.92 Å². The quantitative estimate of drug-likeness (QED) is 0.776. The molecule has 0 saturated carbocycles. The molecule has 1 unspecified atom stereocenters. The highest BCUT2D eigenvalue weighted by molar-refractivity contribution is 7.10. The molecule has 0 aliphatic carbocycles. The Morgan fingerprint density at radius 1 is 1.28 bits per heavy atom. The van der Waals surface area contributed by atoms with Gasteiger partial charge < -0.3 is 10.5 Å². The highest BCUT2D eigenvalue weighted by Crippen LogP contribution is 2.31. The molecular weight excluding hydrogens is 244 g/mol. The maximum absolute atomic E-state index is 9.91. The predicted molar refractivity (Wildman–Crippen MR) is 74.2 cm³/mol. The summed E-state index contributed by atoms with van der Waals surface area (Å²) >= 11 is 1.72. The zero-order chi connectivity index (χ0) is 12.5. The molecule has 92 valence electrons. The maximum atomic E-state index is 9.91. The number of hydrogen-bond acceptors (Lipinski definition) is 4. The van der Waals surface area contributed by atoms with E-state index in [2.05, 4.69) is 28.4 Å². The summed E-state index contributed by atoms with van der Waals surface area (Å²) in [6, 6.07) is 9.91. The number of nitrogens with one attached hydrogen (secondary N) is 2. The van der Waals surface area contributed by atoms with Crippen LogP contribution in [0.1, 0.15) is 22.0 Å². The number of phenolic OH excluding ortho intramolecular Hbond substituents is 1. The van der Waals surface area contributed by atoms with Gasteiger partial charge in [-0.25, -0.2) is 5.43 Å². The number of rotatable bonds is 2. The summed E-state index contributed by atoms with van der Waals surface area (Å²) in [6.45, 7) is 2.02. The number of hydrogen-bond donors (Lipinski definition) is 3. The molecule has 3 rings (SSSR count). The lowest BCUT2D eigenvalue weighted by Crippen LogP contribution is -2.25. The maximum Gasteiger partial charge on any atom is 0.124 e. The summed E-state index contributed by atoms with van der Waals surface area (Å²) in [6.07, 6.45) is 2.10. The van der Waals surface area contributed by atoms with Crippen molar-refractivity contribution in [2.24, 2.45) is 0 Å². The highest BCUT2D eigenvalue weighted by atomic mass is 32.1. The van der Waals surface area contributed by atoms with E-state index in [9.17, 15) is 5.11 Å². The number of aromatic hydroxyl groups is 1. The van der Waals surface area contributed by atoms with Crippen LogP contribution in [0.5, 0.6) is 5.75 Å². The van der Waals surface area contributed by atoms with Crippen molar-refractivity contribution in [3.05, 3.63) is 57.8 Å². The summed E-state index contributed by atoms with van der Waals surface area (Å²) in [4.78, 5) is 1.25. The summed E-state index contributed by atoms with van der Waals surface area (Å²) in [5.41, 5.74) is 9.24. The van der Waals surface area contributed by atoms with Gasteiger partial charge in [0.1, 0.15) is 5.75 Å². The molecular formula is C14H14N2OS. The van der Waals surface area contributed by atoms with Crippen molar-refractivity contribution in [2.45, 2.75) is 13.0 Å². The van der Waals surface area contributed by atoms with Gasteiger partial charge in [-0.1, -0.05) is 17.7 Å². The molecule has 3 N–H and O–H groups in total. The lowest BCUT2D eigenvalue weighted by Gasteiger charge is -2.08. The molecule has 0 amide bonds. The third-order valence-corrected chi connectivity index (χ3v) is 3.94. The average molecular weight is 258 g/mol. The van der Waals surface area contributed by atoms with E-state index >= 15 is 0 Å². The predicted octanol–water partition coefficient (Wildman–Crippen LogP) is 2.95. The van der Waals surface area contributed by atoms with E-state index in [1.807, 2.05) is 25.1 Å². The van der Waals surface area contributed by atoms with Gasteiger partial charge in [-0.05, 0) is 36.6 Å². The van der Waals surface area contributed by atoms with Gasteiger partial charge in [0.15, 0.2) is 0 Å². The normalized spacial score (nSPS) is 18.5. The first-order valence-electron chi connectivity index (χ1n) is 5.81. The fraction of sp³-hybridized carbons (Fsp3) is 0.143. The van der Waals surface area contributed by atoms with Crippen molar-refractivity contribution in [3.8, 4) is 5.75 Å². The van der Waals surface area contributed by atoms with Gasteiger partial charge in [-0.3, -0.25) is 0 Å². The van der Waals surface area contributed by atoms with Crippen LogP contribution in [0.25, 0.3) is 5.70 Å². The number of benzene rings is 1. The monoisotopic (exact) mass is 258 g/mol. The number of phenols is 1. The van der Waals surface area contributed by atoms with Crippen LogP contribution in [0.3, 0.4) is 0 Å². The molecule has 0 saturated heterocycles. The van der Waals surface area contributed by atoms with Crippen LogP contribution in [0.15, 0.2) is 41.8 Å². The van der Waals surface area contributed by atoms with Crippen LogP contribution in [0.2, 0.25) is 0 Å². The SMILES string of the molecule is Cc1ccc(O)c(C2=CC(c3cccs3)NN2)c1. The van der Waals surface area contributed by atoms with E-state index < -0.39 is 0 Å². The third kappa shape index (κ3) is 2.00. The standard InChI is InChI=1S/C14H14N2OS/c1-9-4-5-13(17)10(7-9)11-8-12(16-15-11)14-3-2-6-18-14/h2-8,12,15-17H,1H3. The van der Waals surface area contributed by atoms with Crippen molar-refractivity contribution in [1.82, 2.24) is 10.9 Å². The van der Waals surface area contributed by atoms with Crippen LogP contribution < -0.4 is 10.9 Å². The Balaban J connectivity index is 1.94. The number of aryl methyl sites for hydroxylation is 1. The van der Waals surface area contributed by atoms with Crippen molar-refractivity contribution in [2.75, 3.05) is 0 Å². The Morgan fingerprint density at radius 3 is 2.94 bits per heavy atom. The molecule has 1 aliphatic rings. The van der Waals surface area contributed by atoms with Gasteiger partial charge in [0.05, 0.1) is 11.7 Å². The minimum atomic E-state index is 0.167. The van der Waals surface area contributed by atoms with Crippen molar-refractivity contribution < 1.29 is 5.11 Å². The van der Waals surface area contributed by atoms with E-state index in [0.29, 0.717) is 5.75 Å². The molecule has 4 heteroatoms. The van der Waals surface area contributed by atoms with Crippen molar-refractivity contribution in [1.29, 1.82) is 0 Å². The molecule has 1 aliphatic heterocycles. The topological polar surface area (TPSA) is 44.3 Å². The first-order valence-corrected chi connectivity index (χ1v) is 6.69. The highest BCUT2D eigenvalue weighted by Gasteiger charge is 2.19. The average Bonchev–Trinajstić information content (AvgIpc) is 3.00. The molecule has 1 aromatic heterocycles. The van der Waals surface area contributed by atoms with Crippen LogP contribution in [-0.2, 0) is 0 Å². The Hall–Kier alpha value is -1.78. The van der Waals surface area contributed by atoms with Crippen LogP contribution >= 0.6 is 11.3 Å². The molecule has 2 heterocycles. The van der Waals surface area contributed by atoms with Crippen molar-refractivity contribution >= 4 is 17.0 Å². The van der Waals surface area contributed by atoms with E-state index in [1.54, 1.807) is 17.4 Å². The number of hydrazine groups is 1. The van der Waals surface area contributed by atoms with E-state index in [-0.39, 0.29) is 6.04 Å². The molecule has 2 aromatic rings. The fourth-order valence-corrected chi connectivity index (χ4v) is 2.79. The lowest BCUT2D eigenvalue weighted by atomic mass is 10.1. The second-order valence-electron chi connectivity index (χ2n) is 4.36. The Kier molecular flexibility index (Phi) is 2.81. The van der Waals surface area contributed by atoms with Gasteiger partial charge >= 0.3 is 0 Å². The molecule has 0 fully saturated rings.